The number of piperidine rings is 1. The van der Waals surface area contributed by atoms with Gasteiger partial charge in [-0.2, -0.15) is 0 Å². The predicted octanol–water partition coefficient (Wildman–Crippen LogP) is 2.98. The first-order valence-corrected chi connectivity index (χ1v) is 8.40. The lowest BCUT2D eigenvalue weighted by molar-refractivity contribution is -0.155. The van der Waals surface area contributed by atoms with Crippen LogP contribution in [0.1, 0.15) is 52.9 Å². The third kappa shape index (κ3) is 5.79. The Bertz CT molecular complexity index is 557. The van der Waals surface area contributed by atoms with Crippen molar-refractivity contribution in [3.05, 3.63) is 18.6 Å². The number of nitrogens with one attached hydrogen (secondary N) is 1. The van der Waals surface area contributed by atoms with Crippen LogP contribution < -0.4 is 5.32 Å². The Morgan fingerprint density at radius 2 is 2.17 bits per heavy atom. The SMILES string of the molecule is CC(C)(C)OC(=O)CCC1CCCCN1C(=O)Nc1ccncn1. The molecule has 1 unspecified atom stereocenters. The van der Waals surface area contributed by atoms with Crippen molar-refractivity contribution in [2.24, 2.45) is 0 Å². The minimum absolute atomic E-state index is 0.0492. The molecule has 7 heteroatoms. The Kier molecular flexibility index (Phi) is 6.11. The number of anilines is 1. The summed E-state index contributed by atoms with van der Waals surface area (Å²) in [5, 5.41) is 2.79. The van der Waals surface area contributed by atoms with E-state index in [1.54, 1.807) is 17.2 Å². The molecule has 1 aliphatic rings. The van der Waals surface area contributed by atoms with E-state index in [4.69, 9.17) is 4.74 Å². The van der Waals surface area contributed by atoms with Gasteiger partial charge in [-0.15, -0.1) is 0 Å². The van der Waals surface area contributed by atoms with E-state index in [0.717, 1.165) is 19.3 Å². The molecule has 1 saturated heterocycles. The lowest BCUT2D eigenvalue weighted by atomic mass is 9.98. The highest BCUT2D eigenvalue weighted by Crippen LogP contribution is 2.22. The van der Waals surface area contributed by atoms with E-state index in [2.05, 4.69) is 15.3 Å². The van der Waals surface area contributed by atoms with Gasteiger partial charge in [0, 0.05) is 25.2 Å². The fourth-order valence-corrected chi connectivity index (χ4v) is 2.79. The van der Waals surface area contributed by atoms with Gasteiger partial charge in [0.25, 0.3) is 0 Å². The average molecular weight is 334 g/mol. The number of ether oxygens (including phenoxy) is 1. The van der Waals surface area contributed by atoms with Gasteiger partial charge in [0.05, 0.1) is 0 Å². The van der Waals surface area contributed by atoms with Crippen molar-refractivity contribution in [2.75, 3.05) is 11.9 Å². The van der Waals surface area contributed by atoms with Crippen molar-refractivity contribution in [1.82, 2.24) is 14.9 Å². The highest BCUT2D eigenvalue weighted by Gasteiger charge is 2.28. The molecule has 0 aliphatic carbocycles. The average Bonchev–Trinajstić information content (AvgIpc) is 2.52. The highest BCUT2D eigenvalue weighted by molar-refractivity contribution is 5.88. The first-order chi connectivity index (χ1) is 11.3. The van der Waals surface area contributed by atoms with Gasteiger partial charge in [0.15, 0.2) is 0 Å². The molecule has 1 N–H and O–H groups in total. The first kappa shape index (κ1) is 18.2. The fraction of sp³-hybridized carbons (Fsp3) is 0.647. The zero-order valence-corrected chi connectivity index (χ0v) is 14.6. The monoisotopic (exact) mass is 334 g/mol. The van der Waals surface area contributed by atoms with Crippen LogP contribution in [0.3, 0.4) is 0 Å². The molecule has 1 aliphatic heterocycles. The number of esters is 1. The van der Waals surface area contributed by atoms with Gasteiger partial charge < -0.3 is 9.64 Å². The highest BCUT2D eigenvalue weighted by atomic mass is 16.6. The number of carbonyl (C=O) groups excluding carboxylic acids is 2. The van der Waals surface area contributed by atoms with Crippen molar-refractivity contribution in [1.29, 1.82) is 0 Å². The minimum atomic E-state index is -0.478. The van der Waals surface area contributed by atoms with Crippen LogP contribution in [0.2, 0.25) is 0 Å². The second kappa shape index (κ2) is 8.08. The first-order valence-electron chi connectivity index (χ1n) is 8.40. The summed E-state index contributed by atoms with van der Waals surface area (Å²) in [5.41, 5.74) is -0.478. The minimum Gasteiger partial charge on any atom is -0.460 e. The number of urea groups is 1. The van der Waals surface area contributed by atoms with Crippen LogP contribution in [-0.2, 0) is 9.53 Å². The summed E-state index contributed by atoms with van der Waals surface area (Å²) in [4.78, 5) is 34.0. The van der Waals surface area contributed by atoms with Crippen LogP contribution in [0.15, 0.2) is 18.6 Å². The van der Waals surface area contributed by atoms with Crippen LogP contribution in [0.25, 0.3) is 0 Å². The number of nitrogens with zero attached hydrogens (tertiary/aromatic N) is 3. The Morgan fingerprint density at radius 3 is 2.83 bits per heavy atom. The molecule has 0 aromatic carbocycles. The van der Waals surface area contributed by atoms with Gasteiger partial charge in [0.2, 0.25) is 0 Å². The third-order valence-corrected chi connectivity index (χ3v) is 3.81. The Hall–Kier alpha value is -2.18. The third-order valence-electron chi connectivity index (χ3n) is 3.81. The smallest absolute Gasteiger partial charge is 0.323 e. The number of hydrogen-bond donors (Lipinski definition) is 1. The van der Waals surface area contributed by atoms with E-state index in [-0.39, 0.29) is 18.0 Å². The summed E-state index contributed by atoms with van der Waals surface area (Å²) in [7, 11) is 0. The number of amides is 2. The summed E-state index contributed by atoms with van der Waals surface area (Å²) in [5.74, 6) is 0.260. The van der Waals surface area contributed by atoms with Gasteiger partial charge in [0.1, 0.15) is 17.7 Å². The van der Waals surface area contributed by atoms with Crippen LogP contribution in [0, 0.1) is 0 Å². The van der Waals surface area contributed by atoms with E-state index in [1.165, 1.54) is 6.33 Å². The molecule has 1 fully saturated rings. The van der Waals surface area contributed by atoms with Crippen molar-refractivity contribution in [3.63, 3.8) is 0 Å². The molecule has 0 bridgehead atoms. The summed E-state index contributed by atoms with van der Waals surface area (Å²) < 4.78 is 5.35. The number of likely N-dealkylation sites (tertiary alicyclic amines) is 1. The van der Waals surface area contributed by atoms with Gasteiger partial charge in [-0.05, 0) is 52.5 Å². The van der Waals surface area contributed by atoms with E-state index < -0.39 is 5.60 Å². The van der Waals surface area contributed by atoms with E-state index in [9.17, 15) is 9.59 Å². The van der Waals surface area contributed by atoms with Crippen molar-refractivity contribution in [2.45, 2.75) is 64.5 Å². The lowest BCUT2D eigenvalue weighted by Gasteiger charge is -2.35. The molecule has 1 aromatic rings. The van der Waals surface area contributed by atoms with Crippen LogP contribution in [-0.4, -0.2) is 45.1 Å². The molecule has 0 radical (unpaired) electrons. The number of carbonyl (C=O) groups is 2. The van der Waals surface area contributed by atoms with Crippen LogP contribution in [0.5, 0.6) is 0 Å². The second-order valence-electron chi connectivity index (χ2n) is 6.99. The van der Waals surface area contributed by atoms with Crippen molar-refractivity contribution >= 4 is 17.8 Å². The number of aromatic nitrogens is 2. The van der Waals surface area contributed by atoms with Gasteiger partial charge >= 0.3 is 12.0 Å². The Balaban J connectivity index is 1.90. The predicted molar refractivity (Wildman–Crippen MR) is 90.5 cm³/mol. The maximum absolute atomic E-state index is 12.5. The quantitative estimate of drug-likeness (QED) is 0.856. The molecule has 132 valence electrons. The van der Waals surface area contributed by atoms with E-state index >= 15 is 0 Å². The number of rotatable bonds is 4. The van der Waals surface area contributed by atoms with Gasteiger partial charge in [-0.3, -0.25) is 10.1 Å². The lowest BCUT2D eigenvalue weighted by Crippen LogP contribution is -2.46. The molecule has 1 aromatic heterocycles. The Morgan fingerprint density at radius 1 is 1.38 bits per heavy atom. The molecule has 2 heterocycles. The maximum atomic E-state index is 12.5. The molecule has 2 amide bonds. The molecule has 2 rings (SSSR count). The van der Waals surface area contributed by atoms with Crippen LogP contribution in [0.4, 0.5) is 10.6 Å². The molecule has 7 nitrogen and oxygen atoms in total. The van der Waals surface area contributed by atoms with Crippen molar-refractivity contribution in [3.8, 4) is 0 Å². The molecular formula is C17H26N4O3. The van der Waals surface area contributed by atoms with E-state index in [0.29, 0.717) is 25.2 Å². The summed E-state index contributed by atoms with van der Waals surface area (Å²) in [6.45, 7) is 6.25. The molecule has 1 atom stereocenters. The van der Waals surface area contributed by atoms with Gasteiger partial charge in [-0.25, -0.2) is 14.8 Å². The summed E-state index contributed by atoms with van der Waals surface area (Å²) >= 11 is 0. The molecule has 0 saturated carbocycles. The van der Waals surface area contributed by atoms with E-state index in [1.807, 2.05) is 20.8 Å². The maximum Gasteiger partial charge on any atom is 0.323 e. The zero-order valence-electron chi connectivity index (χ0n) is 14.6. The summed E-state index contributed by atoms with van der Waals surface area (Å²) in [6.07, 6.45) is 6.85. The summed E-state index contributed by atoms with van der Waals surface area (Å²) in [6, 6.07) is 1.52. The largest absolute Gasteiger partial charge is 0.460 e. The second-order valence-corrected chi connectivity index (χ2v) is 6.99. The normalized spacial score (nSPS) is 18.1. The standard InChI is InChI=1S/C17H26N4O3/c1-17(2,3)24-15(22)8-7-13-6-4-5-11-21(13)16(23)20-14-9-10-18-12-19-14/h9-10,12-13H,4-8,11H2,1-3H3,(H,18,19,20,23). The van der Waals surface area contributed by atoms with Crippen molar-refractivity contribution < 1.29 is 14.3 Å². The molecule has 24 heavy (non-hydrogen) atoms. The number of hydrogen-bond acceptors (Lipinski definition) is 5. The topological polar surface area (TPSA) is 84.4 Å². The molecule has 0 spiro atoms. The Labute approximate surface area is 142 Å². The fourth-order valence-electron chi connectivity index (χ4n) is 2.79. The van der Waals surface area contributed by atoms with Gasteiger partial charge in [-0.1, -0.05) is 0 Å². The van der Waals surface area contributed by atoms with Crippen LogP contribution >= 0.6 is 0 Å². The molecular weight excluding hydrogens is 308 g/mol. The zero-order chi connectivity index (χ0) is 17.6.